The van der Waals surface area contributed by atoms with Crippen LogP contribution in [0.4, 0.5) is 8.78 Å². The van der Waals surface area contributed by atoms with Gasteiger partial charge in [-0.1, -0.05) is 0 Å². The second kappa shape index (κ2) is 2.96. The first-order valence-corrected chi connectivity index (χ1v) is 2.46. The minimum absolute atomic E-state index is 1.47. The van der Waals surface area contributed by atoms with Crippen molar-refractivity contribution in [3.05, 3.63) is 0 Å². The van der Waals surface area contributed by atoms with E-state index >= 15 is 0 Å². The predicted molar refractivity (Wildman–Crippen MR) is 30.8 cm³/mol. The zero-order valence-corrected chi connectivity index (χ0v) is 5.47. The van der Waals surface area contributed by atoms with E-state index in [2.05, 4.69) is 28.8 Å². The molecule has 9 heavy (non-hydrogen) atoms. The highest BCUT2D eigenvalue weighted by Gasteiger charge is 2.35. The number of nitrogens with zero attached hydrogens (tertiary/aromatic N) is 1. The van der Waals surface area contributed by atoms with Crippen molar-refractivity contribution < 1.29 is 13.6 Å². The third-order valence-electron chi connectivity index (χ3n) is 0.390. The van der Waals surface area contributed by atoms with E-state index in [9.17, 15) is 13.6 Å². The molecular weight excluding hydrogens is 172 g/mol. The average molecular weight is 172 g/mol. The quantitative estimate of drug-likeness (QED) is 0.340. The highest BCUT2D eigenvalue weighted by molar-refractivity contribution is 7.78. The van der Waals surface area contributed by atoms with Crippen molar-refractivity contribution in [2.45, 2.75) is 5.38 Å². The summed E-state index contributed by atoms with van der Waals surface area (Å²) in [5, 5.41) is -2.48. The Morgan fingerprint density at radius 3 is 2.33 bits per heavy atom. The third-order valence-corrected chi connectivity index (χ3v) is 0.643. The van der Waals surface area contributed by atoms with Crippen molar-refractivity contribution in [1.29, 1.82) is 0 Å². The third kappa shape index (κ3) is 3.24. The molecule has 0 saturated carbocycles. The van der Waals surface area contributed by atoms with Crippen LogP contribution in [0.15, 0.2) is 4.99 Å². The summed E-state index contributed by atoms with van der Waals surface area (Å²) in [6.45, 7) is 0. The Morgan fingerprint density at radius 1 is 1.78 bits per heavy atom. The lowest BCUT2D eigenvalue weighted by molar-refractivity contribution is -0.131. The first-order valence-electron chi connectivity index (χ1n) is 1.67. The van der Waals surface area contributed by atoms with Crippen LogP contribution in [-0.2, 0) is 4.79 Å². The van der Waals surface area contributed by atoms with E-state index in [1.807, 2.05) is 0 Å². The molecule has 2 nitrogen and oxygen atoms in total. The van der Waals surface area contributed by atoms with Gasteiger partial charge in [0.1, 0.15) is 0 Å². The maximum atomic E-state index is 11.5. The molecule has 0 aromatic carbocycles. The van der Waals surface area contributed by atoms with Gasteiger partial charge in [-0.25, -0.2) is 0 Å². The fraction of sp³-hybridized carbons (Fsp3) is 0.333. The summed E-state index contributed by atoms with van der Waals surface area (Å²) in [4.78, 5) is 12.3. The van der Waals surface area contributed by atoms with Crippen molar-refractivity contribution in [3.8, 4) is 0 Å². The lowest BCUT2D eigenvalue weighted by Gasteiger charge is -1.97. The topological polar surface area (TPSA) is 29.4 Å². The molecule has 0 aliphatic carbocycles. The molecule has 0 spiro atoms. The van der Waals surface area contributed by atoms with Crippen molar-refractivity contribution in [1.82, 2.24) is 0 Å². The molecule has 0 heterocycles. The minimum atomic E-state index is -3.95. The number of carbonyl (C=O) groups is 1. The van der Waals surface area contributed by atoms with E-state index in [1.165, 1.54) is 5.16 Å². The van der Waals surface area contributed by atoms with Crippen LogP contribution >= 0.6 is 23.8 Å². The number of carbonyl (C=O) groups excluding carboxylic acids is 1. The van der Waals surface area contributed by atoms with Gasteiger partial charge in [-0.3, -0.25) is 4.79 Å². The van der Waals surface area contributed by atoms with Gasteiger partial charge >= 0.3 is 11.3 Å². The van der Waals surface area contributed by atoms with Gasteiger partial charge in [0.2, 0.25) is 0 Å². The number of aliphatic imine (C=N–C) groups is 1. The van der Waals surface area contributed by atoms with Gasteiger partial charge in [0.15, 0.2) is 0 Å². The summed E-state index contributed by atoms with van der Waals surface area (Å²) in [5.74, 6) is -1.79. The molecule has 0 fully saturated rings. The molecule has 0 atom stereocenters. The molecule has 0 bridgehead atoms. The predicted octanol–water partition coefficient (Wildman–Crippen LogP) is 1.45. The van der Waals surface area contributed by atoms with Crippen LogP contribution in [0, 0.1) is 0 Å². The molecule has 6 heteroatoms. The highest BCUT2D eigenvalue weighted by Crippen LogP contribution is 2.19. The molecule has 50 valence electrons. The van der Waals surface area contributed by atoms with Gasteiger partial charge in [-0.2, -0.15) is 13.8 Å². The number of isothiocyanates is 1. The van der Waals surface area contributed by atoms with Crippen LogP contribution in [0.2, 0.25) is 0 Å². The van der Waals surface area contributed by atoms with Gasteiger partial charge in [0, 0.05) is 0 Å². The molecule has 0 radical (unpaired) electrons. The molecular formula is C3ClF2NOS. The number of hydrogen-bond donors (Lipinski definition) is 0. The van der Waals surface area contributed by atoms with Gasteiger partial charge in [0.05, 0.1) is 5.16 Å². The van der Waals surface area contributed by atoms with E-state index in [0.717, 1.165) is 0 Å². The zero-order valence-electron chi connectivity index (χ0n) is 3.90. The maximum absolute atomic E-state index is 11.5. The average Bonchev–Trinajstić information content (AvgIpc) is 1.64. The largest absolute Gasteiger partial charge is 0.402 e. The first-order chi connectivity index (χ1) is 3.98. The van der Waals surface area contributed by atoms with E-state index in [1.54, 1.807) is 0 Å². The Balaban J connectivity index is 4.22. The lowest BCUT2D eigenvalue weighted by Crippen LogP contribution is -2.18. The van der Waals surface area contributed by atoms with Crippen LogP contribution in [0.1, 0.15) is 0 Å². The summed E-state index contributed by atoms with van der Waals surface area (Å²) in [5.41, 5.74) is 0. The number of halogens is 3. The molecule has 0 aliphatic heterocycles. The molecule has 0 N–H and O–H groups in total. The second-order valence-electron chi connectivity index (χ2n) is 1.01. The summed E-state index contributed by atoms with van der Waals surface area (Å²) >= 11 is 8.07. The van der Waals surface area contributed by atoms with Crippen molar-refractivity contribution in [2.75, 3.05) is 0 Å². The summed E-state index contributed by atoms with van der Waals surface area (Å²) in [7, 11) is 0. The molecule has 0 saturated heterocycles. The Bertz CT molecular complexity index is 171. The molecule has 1 amide bonds. The molecule has 0 aromatic heterocycles. The summed E-state index contributed by atoms with van der Waals surface area (Å²) < 4.78 is 23.1. The smallest absolute Gasteiger partial charge is 0.263 e. The van der Waals surface area contributed by atoms with Gasteiger partial charge < -0.3 is 0 Å². The lowest BCUT2D eigenvalue weighted by atomic mass is 10.7. The Morgan fingerprint density at radius 2 is 2.22 bits per heavy atom. The summed E-state index contributed by atoms with van der Waals surface area (Å²) in [6.07, 6.45) is 0. The van der Waals surface area contributed by atoms with Crippen molar-refractivity contribution >= 4 is 34.9 Å². The Labute approximate surface area is 59.5 Å². The molecule has 0 aliphatic rings. The van der Waals surface area contributed by atoms with E-state index in [-0.39, 0.29) is 0 Å². The van der Waals surface area contributed by atoms with Crippen molar-refractivity contribution in [2.24, 2.45) is 4.99 Å². The monoisotopic (exact) mass is 171 g/mol. The van der Waals surface area contributed by atoms with Gasteiger partial charge in [0.25, 0.3) is 0 Å². The minimum Gasteiger partial charge on any atom is -0.263 e. The number of thiocarbonyl (C=S) groups is 1. The Hall–Kier alpha value is -0.380. The van der Waals surface area contributed by atoms with E-state index in [0.29, 0.717) is 0 Å². The molecule has 0 unspecified atom stereocenters. The van der Waals surface area contributed by atoms with E-state index in [4.69, 9.17) is 0 Å². The van der Waals surface area contributed by atoms with Gasteiger partial charge in [-0.05, 0) is 23.8 Å². The standard InChI is InChI=1S/C3ClF2NOS/c4-3(5,6)2(8)7-1-9. The van der Waals surface area contributed by atoms with Crippen molar-refractivity contribution in [3.63, 3.8) is 0 Å². The maximum Gasteiger partial charge on any atom is 0.402 e. The number of rotatable bonds is 1. The first kappa shape index (κ1) is 8.62. The van der Waals surface area contributed by atoms with Crippen LogP contribution < -0.4 is 0 Å². The SMILES string of the molecule is O=C(N=C=S)C(F)(F)Cl. The zero-order chi connectivity index (χ0) is 7.49. The van der Waals surface area contributed by atoms with Gasteiger partial charge in [-0.15, -0.1) is 0 Å². The number of hydrogen-bond acceptors (Lipinski definition) is 2. The van der Waals surface area contributed by atoms with Crippen LogP contribution in [0.3, 0.4) is 0 Å². The number of amides is 1. The fourth-order valence-electron chi connectivity index (χ4n) is 0.105. The Kier molecular flexibility index (Phi) is 2.84. The molecule has 0 aromatic rings. The van der Waals surface area contributed by atoms with Crippen LogP contribution in [0.25, 0.3) is 0 Å². The van der Waals surface area contributed by atoms with Crippen LogP contribution in [-0.4, -0.2) is 16.5 Å². The fourth-order valence-corrected chi connectivity index (χ4v) is 0.230. The second-order valence-corrected chi connectivity index (χ2v) is 1.66. The number of alkyl halides is 3. The summed E-state index contributed by atoms with van der Waals surface area (Å²) in [6, 6.07) is 0. The van der Waals surface area contributed by atoms with E-state index < -0.39 is 11.3 Å². The van der Waals surface area contributed by atoms with Crippen LogP contribution in [0.5, 0.6) is 0 Å². The molecule has 0 rings (SSSR count). The highest BCUT2D eigenvalue weighted by atomic mass is 35.5. The normalized spacial score (nSPS) is 10.1.